The SMILES string of the molecule is CCOC(=O)N1CCC(n2c(=O)[nH]c3ccccc32)CC1.CCOC(=O)N1CCC(n2c(Cl)nc3ccccc32)CC1.[B]I. The Morgan fingerprint density at radius 3 is 1.86 bits per heavy atom. The zero-order valence-electron chi connectivity index (χ0n) is 25.0. The zero-order chi connectivity index (χ0) is 31.6. The number of H-pyrrole nitrogens is 1. The predicted octanol–water partition coefficient (Wildman–Crippen LogP) is 6.11. The fraction of sp³-hybridized carbons (Fsp3) is 0.467. The first-order valence-corrected chi connectivity index (χ1v) is 16.4. The van der Waals surface area contributed by atoms with Gasteiger partial charge in [-0.3, -0.25) is 4.57 Å². The number of aromatic amines is 1. The quantitative estimate of drug-likeness (QED) is 0.200. The fourth-order valence-corrected chi connectivity index (χ4v) is 6.16. The Hall–Kier alpha value is -3.20. The molecule has 0 aliphatic carbocycles. The van der Waals surface area contributed by atoms with E-state index in [1.807, 2.05) is 60.0 Å². The van der Waals surface area contributed by atoms with E-state index in [0.29, 0.717) is 44.7 Å². The lowest BCUT2D eigenvalue weighted by Gasteiger charge is -2.32. The number of aromatic nitrogens is 4. The number of imidazole rings is 2. The molecule has 2 aliphatic rings. The van der Waals surface area contributed by atoms with Crippen molar-refractivity contribution >= 4 is 73.9 Å². The fourth-order valence-electron chi connectivity index (χ4n) is 5.84. The van der Waals surface area contributed by atoms with E-state index in [-0.39, 0.29) is 30.0 Å². The van der Waals surface area contributed by atoms with E-state index < -0.39 is 0 Å². The molecule has 2 aromatic carbocycles. The highest BCUT2D eigenvalue weighted by Crippen LogP contribution is 2.31. The molecule has 2 aromatic heterocycles. The Labute approximate surface area is 276 Å². The first-order chi connectivity index (χ1) is 21.4. The van der Waals surface area contributed by atoms with Crippen molar-refractivity contribution in [1.29, 1.82) is 0 Å². The van der Waals surface area contributed by atoms with E-state index in [1.54, 1.807) is 39.1 Å². The number of likely N-dealkylation sites (tertiary alicyclic amines) is 2. The lowest BCUT2D eigenvalue weighted by Crippen LogP contribution is -2.40. The minimum absolute atomic E-state index is 0.0780. The van der Waals surface area contributed by atoms with E-state index in [9.17, 15) is 14.4 Å². The Kier molecular flexibility index (Phi) is 12.4. The predicted molar refractivity (Wildman–Crippen MR) is 181 cm³/mol. The third kappa shape index (κ3) is 7.71. The van der Waals surface area contributed by atoms with Gasteiger partial charge in [0, 0.05) is 38.3 Å². The molecular weight excluding hydrogens is 698 g/mol. The van der Waals surface area contributed by atoms with Crippen LogP contribution in [0.25, 0.3) is 22.1 Å². The standard InChI is InChI=1S/C15H18ClN3O2.C15H19N3O3.BI/c1-2-21-15(20)18-9-7-11(8-10-18)19-13-6-4-3-5-12(13)17-14(19)16;1-2-21-15(20)17-9-7-11(8-10-17)18-13-6-4-3-5-12(13)16-14(18)19;1-2/h3-6,11H,2,7-10H2,1H3;3-6,11H,2,7-10H2,1H3,(H,16,19);. The van der Waals surface area contributed by atoms with Gasteiger partial charge in [0.05, 0.1) is 35.3 Å². The number of hydrogen-bond acceptors (Lipinski definition) is 6. The number of amides is 2. The first-order valence-electron chi connectivity index (χ1n) is 14.8. The van der Waals surface area contributed by atoms with Gasteiger partial charge in [0.2, 0.25) is 5.28 Å². The second-order valence-electron chi connectivity index (χ2n) is 10.4. The van der Waals surface area contributed by atoms with Crippen molar-refractivity contribution in [2.24, 2.45) is 0 Å². The molecule has 0 spiro atoms. The highest BCUT2D eigenvalue weighted by atomic mass is 127. The molecule has 2 saturated heterocycles. The summed E-state index contributed by atoms with van der Waals surface area (Å²) in [5.74, 6) is 0. The number of piperidine rings is 2. The molecule has 1 N–H and O–H groups in total. The Morgan fingerprint density at radius 2 is 1.32 bits per heavy atom. The lowest BCUT2D eigenvalue weighted by atomic mass is 10.0. The molecule has 4 aromatic rings. The average molecular weight is 735 g/mol. The van der Waals surface area contributed by atoms with Crippen molar-refractivity contribution < 1.29 is 19.1 Å². The highest BCUT2D eigenvalue weighted by Gasteiger charge is 2.28. The van der Waals surface area contributed by atoms with Gasteiger partial charge in [0.25, 0.3) is 0 Å². The number of carbonyl (C=O) groups is 2. The van der Waals surface area contributed by atoms with Gasteiger partial charge in [0.15, 0.2) is 5.70 Å². The number of ether oxygens (including phenoxy) is 2. The van der Waals surface area contributed by atoms with Gasteiger partial charge in [-0.25, -0.2) is 19.4 Å². The molecule has 14 heteroatoms. The number of nitrogens with one attached hydrogen (secondary N) is 1. The number of halogens is 2. The van der Waals surface area contributed by atoms with Crippen LogP contribution in [0.3, 0.4) is 0 Å². The number of fused-ring (bicyclic) bond motifs is 2. The first kappa shape index (κ1) is 33.7. The van der Waals surface area contributed by atoms with Crippen LogP contribution in [0.4, 0.5) is 9.59 Å². The molecule has 4 heterocycles. The van der Waals surface area contributed by atoms with Gasteiger partial charge in [-0.05, 0) is 75.4 Å². The summed E-state index contributed by atoms with van der Waals surface area (Å²) in [7, 11) is 0. The Balaban J connectivity index is 0.000000190. The minimum Gasteiger partial charge on any atom is -0.450 e. The molecule has 44 heavy (non-hydrogen) atoms. The van der Waals surface area contributed by atoms with Crippen LogP contribution in [0.5, 0.6) is 0 Å². The van der Waals surface area contributed by atoms with Crippen LogP contribution in [0.15, 0.2) is 53.3 Å². The normalized spacial score (nSPS) is 15.7. The summed E-state index contributed by atoms with van der Waals surface area (Å²) < 4.78 is 14.0. The van der Waals surface area contributed by atoms with E-state index in [4.69, 9.17) is 21.1 Å². The van der Waals surface area contributed by atoms with Crippen molar-refractivity contribution in [2.45, 2.75) is 51.6 Å². The van der Waals surface area contributed by atoms with Crippen LogP contribution in [-0.4, -0.2) is 86.2 Å². The van der Waals surface area contributed by atoms with Crippen molar-refractivity contribution in [3.05, 3.63) is 64.3 Å². The number of para-hydroxylation sites is 4. The van der Waals surface area contributed by atoms with Gasteiger partial charge in [-0.2, -0.15) is 22.4 Å². The highest BCUT2D eigenvalue weighted by molar-refractivity contribution is 14.1. The second kappa shape index (κ2) is 16.2. The lowest BCUT2D eigenvalue weighted by molar-refractivity contribution is 0.0921. The van der Waals surface area contributed by atoms with Gasteiger partial charge in [0.1, 0.15) is 0 Å². The second-order valence-corrected chi connectivity index (χ2v) is 10.7. The number of hydrogen-bond donors (Lipinski definition) is 1. The molecule has 2 aliphatic heterocycles. The third-order valence-electron chi connectivity index (χ3n) is 7.89. The number of benzene rings is 2. The molecule has 0 unspecified atom stereocenters. The minimum atomic E-state index is -0.262. The van der Waals surface area contributed by atoms with Crippen molar-refractivity contribution in [3.8, 4) is 0 Å². The van der Waals surface area contributed by atoms with Crippen molar-refractivity contribution in [3.63, 3.8) is 0 Å². The Morgan fingerprint density at radius 1 is 0.841 bits per heavy atom. The van der Waals surface area contributed by atoms with Crippen LogP contribution in [-0.2, 0) is 9.47 Å². The number of carbonyl (C=O) groups excluding carboxylic acids is 2. The van der Waals surface area contributed by atoms with E-state index >= 15 is 0 Å². The van der Waals surface area contributed by atoms with Crippen LogP contribution in [0.2, 0.25) is 5.28 Å². The van der Waals surface area contributed by atoms with Gasteiger partial charge in [-0.1, -0.05) is 24.3 Å². The molecule has 2 amide bonds. The number of nitrogens with zero attached hydrogens (tertiary/aromatic N) is 5. The summed E-state index contributed by atoms with van der Waals surface area (Å²) in [5, 5.41) is 0.519. The average Bonchev–Trinajstić information content (AvgIpc) is 3.57. The van der Waals surface area contributed by atoms with Crippen LogP contribution < -0.4 is 5.69 Å². The molecule has 234 valence electrons. The summed E-state index contributed by atoms with van der Waals surface area (Å²) in [5.41, 5.74) is 8.14. The molecule has 6 rings (SSSR count). The third-order valence-corrected chi connectivity index (χ3v) is 8.15. The summed E-state index contributed by atoms with van der Waals surface area (Å²) in [6.07, 6.45) is 2.76. The van der Waals surface area contributed by atoms with Crippen molar-refractivity contribution in [2.75, 3.05) is 39.4 Å². The van der Waals surface area contributed by atoms with Gasteiger partial charge < -0.3 is 28.8 Å². The van der Waals surface area contributed by atoms with Gasteiger partial charge >= 0.3 is 17.9 Å². The van der Waals surface area contributed by atoms with E-state index in [1.165, 1.54) is 0 Å². The van der Waals surface area contributed by atoms with Gasteiger partial charge in [-0.15, -0.1) is 0 Å². The largest absolute Gasteiger partial charge is 0.450 e. The van der Waals surface area contributed by atoms with Crippen LogP contribution >= 0.6 is 34.0 Å². The molecule has 2 fully saturated rings. The molecule has 0 saturated carbocycles. The van der Waals surface area contributed by atoms with E-state index in [0.717, 1.165) is 47.8 Å². The summed E-state index contributed by atoms with van der Waals surface area (Å²) >= 11 is 7.95. The summed E-state index contributed by atoms with van der Waals surface area (Å²) in [6.45, 7) is 7.04. The summed E-state index contributed by atoms with van der Waals surface area (Å²) in [4.78, 5) is 46.3. The molecule has 0 bridgehead atoms. The maximum absolute atomic E-state index is 12.2. The molecule has 0 atom stereocenters. The Bertz CT molecular complexity index is 1590. The van der Waals surface area contributed by atoms with Crippen LogP contribution in [0.1, 0.15) is 51.6 Å². The smallest absolute Gasteiger partial charge is 0.409 e. The molecular formula is C30H37BClIN6O5. The molecule has 2 radical (unpaired) electrons. The number of rotatable bonds is 4. The topological polar surface area (TPSA) is 115 Å². The maximum Gasteiger partial charge on any atom is 0.409 e. The zero-order valence-corrected chi connectivity index (χ0v) is 27.9. The summed E-state index contributed by atoms with van der Waals surface area (Å²) in [6, 6.07) is 16.0. The maximum atomic E-state index is 12.2. The van der Waals surface area contributed by atoms with Crippen molar-refractivity contribution in [1.82, 2.24) is 28.9 Å². The van der Waals surface area contributed by atoms with Crippen LogP contribution in [0, 0.1) is 0 Å². The monoisotopic (exact) mass is 734 g/mol. The van der Waals surface area contributed by atoms with E-state index in [2.05, 4.69) is 20.2 Å². The molecule has 11 nitrogen and oxygen atoms in total.